The Kier molecular flexibility index (Phi) is 3.07. The molecule has 0 bridgehead atoms. The number of hydrogen-bond acceptors (Lipinski definition) is 4. The number of aromatic nitrogens is 2. The maximum atomic E-state index is 10.6. The molecule has 0 radical (unpaired) electrons. The Bertz CT molecular complexity index is 355. The fraction of sp³-hybridized carbons (Fsp3) is 0.364. The van der Waals surface area contributed by atoms with Gasteiger partial charge in [0.15, 0.2) is 0 Å². The average molecular weight is 203 g/mol. The molecule has 0 spiro atoms. The molecule has 4 nitrogen and oxygen atoms in total. The maximum absolute atomic E-state index is 10.6. The Balaban J connectivity index is 2.27. The van der Waals surface area contributed by atoms with E-state index in [-0.39, 0.29) is 0 Å². The predicted octanol–water partition coefficient (Wildman–Crippen LogP) is 1.11. The van der Waals surface area contributed by atoms with Gasteiger partial charge in [-0.2, -0.15) is 0 Å². The first-order valence-electron chi connectivity index (χ1n) is 5.08. The second-order valence-corrected chi connectivity index (χ2v) is 3.47. The van der Waals surface area contributed by atoms with Gasteiger partial charge in [-0.15, -0.1) is 0 Å². The summed E-state index contributed by atoms with van der Waals surface area (Å²) in [5, 5.41) is 0. The molecule has 1 aliphatic rings. The summed E-state index contributed by atoms with van der Waals surface area (Å²) in [6, 6.07) is 0. The third kappa shape index (κ3) is 2.21. The predicted molar refractivity (Wildman–Crippen MR) is 56.9 cm³/mol. The van der Waals surface area contributed by atoms with E-state index >= 15 is 0 Å². The molecular weight excluding hydrogens is 190 g/mol. The van der Waals surface area contributed by atoms with Crippen LogP contribution in [0.25, 0.3) is 5.70 Å². The van der Waals surface area contributed by atoms with Gasteiger partial charge in [0.1, 0.15) is 12.0 Å². The van der Waals surface area contributed by atoms with E-state index in [2.05, 4.69) is 14.9 Å². The lowest BCUT2D eigenvalue weighted by atomic mass is 10.3. The minimum Gasteiger partial charge on any atom is -0.370 e. The van der Waals surface area contributed by atoms with Crippen LogP contribution in [0.4, 0.5) is 0 Å². The second-order valence-electron chi connectivity index (χ2n) is 3.47. The van der Waals surface area contributed by atoms with Crippen molar-refractivity contribution in [2.45, 2.75) is 12.8 Å². The van der Waals surface area contributed by atoms with E-state index in [1.54, 1.807) is 24.7 Å². The Morgan fingerprint density at radius 1 is 1.33 bits per heavy atom. The molecule has 0 saturated carbocycles. The molecule has 0 aromatic carbocycles. The second kappa shape index (κ2) is 4.68. The van der Waals surface area contributed by atoms with Crippen molar-refractivity contribution in [2.75, 3.05) is 13.1 Å². The van der Waals surface area contributed by atoms with Crippen molar-refractivity contribution in [3.63, 3.8) is 0 Å². The van der Waals surface area contributed by atoms with E-state index in [4.69, 9.17) is 0 Å². The van der Waals surface area contributed by atoms with Crippen LogP contribution in [0.3, 0.4) is 0 Å². The molecule has 0 aliphatic carbocycles. The zero-order valence-corrected chi connectivity index (χ0v) is 8.47. The van der Waals surface area contributed by atoms with Gasteiger partial charge in [0, 0.05) is 31.6 Å². The largest absolute Gasteiger partial charge is 0.370 e. The quantitative estimate of drug-likeness (QED) is 0.545. The van der Waals surface area contributed by atoms with Crippen molar-refractivity contribution in [3.8, 4) is 0 Å². The molecule has 0 N–H and O–H groups in total. The van der Waals surface area contributed by atoms with Crippen molar-refractivity contribution in [3.05, 3.63) is 30.4 Å². The monoisotopic (exact) mass is 203 g/mol. The summed E-state index contributed by atoms with van der Waals surface area (Å²) < 4.78 is 0. The number of aldehydes is 1. The van der Waals surface area contributed by atoms with Crippen molar-refractivity contribution in [1.29, 1.82) is 0 Å². The van der Waals surface area contributed by atoms with Gasteiger partial charge in [0.2, 0.25) is 0 Å². The van der Waals surface area contributed by atoms with Gasteiger partial charge < -0.3 is 4.90 Å². The topological polar surface area (TPSA) is 46.1 Å². The first kappa shape index (κ1) is 9.83. The van der Waals surface area contributed by atoms with Crippen LogP contribution >= 0.6 is 0 Å². The summed E-state index contributed by atoms with van der Waals surface area (Å²) in [5.41, 5.74) is 1.65. The van der Waals surface area contributed by atoms with E-state index < -0.39 is 0 Å². The summed E-state index contributed by atoms with van der Waals surface area (Å²) in [6.45, 7) is 1.99. The molecule has 0 atom stereocenters. The number of hydrogen-bond donors (Lipinski definition) is 0. The Labute approximate surface area is 88.7 Å². The molecule has 2 rings (SSSR count). The highest BCUT2D eigenvalue weighted by Crippen LogP contribution is 2.21. The highest BCUT2D eigenvalue weighted by molar-refractivity contribution is 5.79. The number of rotatable bonds is 3. The van der Waals surface area contributed by atoms with Crippen molar-refractivity contribution in [1.82, 2.24) is 14.9 Å². The van der Waals surface area contributed by atoms with Gasteiger partial charge in [-0.1, -0.05) is 0 Å². The minimum atomic E-state index is 0.770. The SMILES string of the molecule is O=CC=C(c1cnccn1)N1CCCC1. The van der Waals surface area contributed by atoms with Gasteiger partial charge >= 0.3 is 0 Å². The molecule has 78 valence electrons. The molecule has 1 saturated heterocycles. The van der Waals surface area contributed by atoms with Crippen LogP contribution in [0, 0.1) is 0 Å². The summed E-state index contributed by atoms with van der Waals surface area (Å²) in [5.74, 6) is 0. The lowest BCUT2D eigenvalue weighted by Crippen LogP contribution is -2.18. The van der Waals surface area contributed by atoms with Crippen LogP contribution in [0.2, 0.25) is 0 Å². The molecule has 1 fully saturated rings. The van der Waals surface area contributed by atoms with E-state index in [1.165, 1.54) is 12.8 Å². The highest BCUT2D eigenvalue weighted by atomic mass is 16.1. The summed E-state index contributed by atoms with van der Waals surface area (Å²) in [7, 11) is 0. The molecule has 15 heavy (non-hydrogen) atoms. The third-order valence-corrected chi connectivity index (χ3v) is 2.50. The molecule has 1 aromatic heterocycles. The van der Waals surface area contributed by atoms with Gasteiger partial charge in [0.25, 0.3) is 0 Å². The van der Waals surface area contributed by atoms with Crippen LogP contribution in [0.5, 0.6) is 0 Å². The highest BCUT2D eigenvalue weighted by Gasteiger charge is 2.16. The van der Waals surface area contributed by atoms with Crippen LogP contribution in [0.15, 0.2) is 24.7 Å². The summed E-state index contributed by atoms with van der Waals surface area (Å²) >= 11 is 0. The third-order valence-electron chi connectivity index (χ3n) is 2.50. The molecule has 2 heterocycles. The fourth-order valence-corrected chi connectivity index (χ4v) is 1.81. The van der Waals surface area contributed by atoms with Crippen molar-refractivity contribution in [2.24, 2.45) is 0 Å². The van der Waals surface area contributed by atoms with Crippen molar-refractivity contribution < 1.29 is 4.79 Å². The van der Waals surface area contributed by atoms with E-state index in [1.807, 2.05) is 0 Å². The van der Waals surface area contributed by atoms with Gasteiger partial charge in [-0.05, 0) is 12.8 Å². The van der Waals surface area contributed by atoms with Gasteiger partial charge in [-0.3, -0.25) is 14.8 Å². The average Bonchev–Trinajstić information content (AvgIpc) is 2.80. The van der Waals surface area contributed by atoms with Crippen LogP contribution in [-0.2, 0) is 4.79 Å². The van der Waals surface area contributed by atoms with E-state index in [0.29, 0.717) is 0 Å². The smallest absolute Gasteiger partial charge is 0.144 e. The maximum Gasteiger partial charge on any atom is 0.144 e. The zero-order valence-electron chi connectivity index (χ0n) is 8.47. The lowest BCUT2D eigenvalue weighted by Gasteiger charge is -2.19. The molecule has 1 aromatic rings. The van der Waals surface area contributed by atoms with Gasteiger partial charge in [0.05, 0.1) is 11.9 Å². The minimum absolute atomic E-state index is 0.770. The van der Waals surface area contributed by atoms with Gasteiger partial charge in [-0.25, -0.2) is 0 Å². The molecule has 0 unspecified atom stereocenters. The number of likely N-dealkylation sites (tertiary alicyclic amines) is 1. The summed E-state index contributed by atoms with van der Waals surface area (Å²) in [6.07, 6.45) is 9.69. The van der Waals surface area contributed by atoms with E-state index in [9.17, 15) is 4.79 Å². The van der Waals surface area contributed by atoms with Crippen molar-refractivity contribution >= 4 is 12.0 Å². The first-order chi connectivity index (χ1) is 7.42. The molecule has 1 aliphatic heterocycles. The normalized spacial score (nSPS) is 16.8. The Morgan fingerprint density at radius 2 is 2.13 bits per heavy atom. The molecular formula is C11H13N3O. The number of carbonyl (C=O) groups is 1. The zero-order chi connectivity index (χ0) is 10.5. The Morgan fingerprint density at radius 3 is 2.73 bits per heavy atom. The van der Waals surface area contributed by atoms with Crippen LogP contribution in [-0.4, -0.2) is 34.2 Å². The summed E-state index contributed by atoms with van der Waals surface area (Å²) in [4.78, 5) is 21.0. The van der Waals surface area contributed by atoms with E-state index in [0.717, 1.165) is 30.8 Å². The standard InChI is InChI=1S/C11H13N3O/c15-8-3-11(14-6-1-2-7-14)10-9-12-4-5-13-10/h3-5,8-9H,1-2,6-7H2. The first-order valence-corrected chi connectivity index (χ1v) is 5.08. The number of carbonyl (C=O) groups excluding carboxylic acids is 1. The van der Waals surface area contributed by atoms with Crippen LogP contribution in [0.1, 0.15) is 18.5 Å². The fourth-order valence-electron chi connectivity index (χ4n) is 1.81. The number of allylic oxidation sites excluding steroid dienone is 1. The molecule has 0 amide bonds. The lowest BCUT2D eigenvalue weighted by molar-refractivity contribution is -0.104. The number of nitrogens with zero attached hydrogens (tertiary/aromatic N) is 3. The Hall–Kier alpha value is -1.71. The van der Waals surface area contributed by atoms with Crippen LogP contribution < -0.4 is 0 Å². The molecule has 4 heteroatoms.